The van der Waals surface area contributed by atoms with Crippen LogP contribution in [0.1, 0.15) is 5.69 Å². The van der Waals surface area contributed by atoms with Crippen LogP contribution in [0.25, 0.3) is 10.8 Å². The number of halogens is 1. The lowest BCUT2D eigenvalue weighted by molar-refractivity contribution is 0.0880. The topological polar surface area (TPSA) is 64.3 Å². The van der Waals surface area contributed by atoms with Gasteiger partial charge in [-0.25, -0.2) is 9.07 Å². The zero-order chi connectivity index (χ0) is 17.1. The molecule has 3 aromatic rings. The van der Waals surface area contributed by atoms with Gasteiger partial charge < -0.3 is 9.84 Å². The molecule has 0 saturated heterocycles. The van der Waals surface area contributed by atoms with Crippen LogP contribution in [0.2, 0.25) is 0 Å². The molecule has 124 valence electrons. The van der Waals surface area contributed by atoms with Crippen molar-refractivity contribution in [2.24, 2.45) is 0 Å². The predicted molar refractivity (Wildman–Crippen MR) is 88.6 cm³/mol. The molecule has 2 aromatic carbocycles. The zero-order valence-electron chi connectivity index (χ0n) is 13.1. The van der Waals surface area contributed by atoms with E-state index in [1.54, 1.807) is 12.1 Å². The van der Waals surface area contributed by atoms with Crippen molar-refractivity contribution in [3.63, 3.8) is 0 Å². The number of nitrogens with zero attached hydrogens (tertiary/aromatic N) is 2. The molecule has 0 aliphatic carbocycles. The van der Waals surface area contributed by atoms with Crippen LogP contribution in [0.3, 0.4) is 0 Å². The third kappa shape index (κ3) is 3.44. The van der Waals surface area contributed by atoms with Gasteiger partial charge >= 0.3 is 0 Å². The van der Waals surface area contributed by atoms with E-state index >= 15 is 0 Å². The van der Waals surface area contributed by atoms with Crippen LogP contribution in [0.4, 0.5) is 4.39 Å². The average molecular weight is 328 g/mol. The number of ether oxygens (including phenoxy) is 1. The van der Waals surface area contributed by atoms with Crippen molar-refractivity contribution in [3.05, 3.63) is 70.4 Å². The zero-order valence-corrected chi connectivity index (χ0v) is 13.1. The van der Waals surface area contributed by atoms with Crippen LogP contribution in [0, 0.1) is 12.7 Å². The predicted octanol–water partition coefficient (Wildman–Crippen LogP) is 2.28. The molecule has 1 N–H and O–H groups in total. The molecule has 0 saturated carbocycles. The lowest BCUT2D eigenvalue weighted by atomic mass is 10.1. The fraction of sp³-hybridized carbons (Fsp3) is 0.222. The maximum atomic E-state index is 12.8. The molecule has 1 atom stereocenters. The highest BCUT2D eigenvalue weighted by molar-refractivity contribution is 5.83. The molecule has 0 fully saturated rings. The summed E-state index contributed by atoms with van der Waals surface area (Å²) < 4.78 is 19.5. The number of fused-ring (bicyclic) bond motifs is 1. The molecule has 0 bridgehead atoms. The summed E-state index contributed by atoms with van der Waals surface area (Å²) >= 11 is 0. The molecule has 0 aliphatic heterocycles. The van der Waals surface area contributed by atoms with Gasteiger partial charge in [0.05, 0.1) is 17.6 Å². The molecule has 0 amide bonds. The molecule has 0 radical (unpaired) electrons. The van der Waals surface area contributed by atoms with E-state index in [9.17, 15) is 14.3 Å². The smallest absolute Gasteiger partial charge is 0.274 e. The third-order valence-electron chi connectivity index (χ3n) is 3.69. The molecular formula is C18H17FN2O3. The van der Waals surface area contributed by atoms with E-state index in [1.807, 2.05) is 19.1 Å². The molecule has 5 nitrogen and oxygen atoms in total. The van der Waals surface area contributed by atoms with E-state index in [4.69, 9.17) is 4.74 Å². The van der Waals surface area contributed by atoms with Crippen LogP contribution in [-0.2, 0) is 6.54 Å². The van der Waals surface area contributed by atoms with Gasteiger partial charge in [-0.1, -0.05) is 18.2 Å². The SMILES string of the molecule is Cc1nn(CC(O)COc2ccc(F)cc2)c(=O)c2ccccc12. The van der Waals surface area contributed by atoms with Crippen molar-refractivity contribution in [2.45, 2.75) is 19.6 Å². The number of aliphatic hydroxyl groups is 1. The van der Waals surface area contributed by atoms with Crippen molar-refractivity contribution in [3.8, 4) is 5.75 Å². The van der Waals surface area contributed by atoms with Gasteiger partial charge in [-0.2, -0.15) is 5.10 Å². The van der Waals surface area contributed by atoms with Crippen molar-refractivity contribution in [1.29, 1.82) is 0 Å². The van der Waals surface area contributed by atoms with Crippen LogP contribution in [0.15, 0.2) is 53.3 Å². The van der Waals surface area contributed by atoms with Gasteiger partial charge in [-0.3, -0.25) is 4.79 Å². The number of benzene rings is 2. The Labute approximate surface area is 137 Å². The van der Waals surface area contributed by atoms with Crippen molar-refractivity contribution < 1.29 is 14.2 Å². The summed E-state index contributed by atoms with van der Waals surface area (Å²) in [4.78, 5) is 12.4. The molecule has 24 heavy (non-hydrogen) atoms. The Morgan fingerprint density at radius 2 is 1.83 bits per heavy atom. The summed E-state index contributed by atoms with van der Waals surface area (Å²) in [6.45, 7) is 1.82. The average Bonchev–Trinajstić information content (AvgIpc) is 2.59. The Morgan fingerprint density at radius 1 is 1.17 bits per heavy atom. The van der Waals surface area contributed by atoms with Crippen molar-refractivity contribution in [1.82, 2.24) is 9.78 Å². The molecule has 0 aliphatic rings. The highest BCUT2D eigenvalue weighted by atomic mass is 19.1. The molecule has 3 rings (SSSR count). The minimum Gasteiger partial charge on any atom is -0.491 e. The molecule has 6 heteroatoms. The van der Waals surface area contributed by atoms with Gasteiger partial charge in [-0.15, -0.1) is 0 Å². The summed E-state index contributed by atoms with van der Waals surface area (Å²) in [6.07, 6.45) is -0.916. The number of aromatic nitrogens is 2. The second-order valence-electron chi connectivity index (χ2n) is 5.54. The van der Waals surface area contributed by atoms with Crippen LogP contribution >= 0.6 is 0 Å². The first kappa shape index (κ1) is 16.1. The Morgan fingerprint density at radius 3 is 2.54 bits per heavy atom. The molecular weight excluding hydrogens is 311 g/mol. The lowest BCUT2D eigenvalue weighted by Crippen LogP contribution is -2.32. The first-order valence-electron chi connectivity index (χ1n) is 7.57. The first-order valence-corrected chi connectivity index (χ1v) is 7.57. The molecule has 1 heterocycles. The standard InChI is InChI=1S/C18H17FN2O3/c1-12-16-4-2-3-5-17(16)18(23)21(20-12)10-14(22)11-24-15-8-6-13(19)7-9-15/h2-9,14,22H,10-11H2,1H3. The summed E-state index contributed by atoms with van der Waals surface area (Å²) in [6, 6.07) is 12.7. The van der Waals surface area contributed by atoms with Gasteiger partial charge in [0.25, 0.3) is 5.56 Å². The van der Waals surface area contributed by atoms with Crippen LogP contribution in [0.5, 0.6) is 5.75 Å². The molecule has 0 spiro atoms. The Bertz CT molecular complexity index is 906. The highest BCUT2D eigenvalue weighted by Gasteiger charge is 2.12. The van der Waals surface area contributed by atoms with Gasteiger partial charge in [0.1, 0.15) is 24.3 Å². The fourth-order valence-corrected chi connectivity index (χ4v) is 2.50. The van der Waals surface area contributed by atoms with E-state index in [-0.39, 0.29) is 24.5 Å². The largest absolute Gasteiger partial charge is 0.491 e. The third-order valence-corrected chi connectivity index (χ3v) is 3.69. The van der Waals surface area contributed by atoms with Crippen LogP contribution in [-0.4, -0.2) is 27.6 Å². The number of aliphatic hydroxyl groups excluding tert-OH is 1. The van der Waals surface area contributed by atoms with E-state index < -0.39 is 6.10 Å². The van der Waals surface area contributed by atoms with E-state index in [0.717, 1.165) is 11.1 Å². The Hall–Kier alpha value is -2.73. The molecule has 1 aromatic heterocycles. The van der Waals surface area contributed by atoms with Crippen molar-refractivity contribution >= 4 is 10.8 Å². The Kier molecular flexibility index (Phi) is 4.57. The quantitative estimate of drug-likeness (QED) is 0.780. The van der Waals surface area contributed by atoms with Gasteiger partial charge in [0.2, 0.25) is 0 Å². The number of rotatable bonds is 5. The monoisotopic (exact) mass is 328 g/mol. The van der Waals surface area contributed by atoms with E-state index in [1.165, 1.54) is 28.9 Å². The van der Waals surface area contributed by atoms with Gasteiger partial charge in [0.15, 0.2) is 0 Å². The van der Waals surface area contributed by atoms with Gasteiger partial charge in [-0.05, 0) is 37.3 Å². The number of aryl methyl sites for hydroxylation is 1. The normalized spacial score (nSPS) is 12.3. The van der Waals surface area contributed by atoms with Crippen molar-refractivity contribution in [2.75, 3.05) is 6.61 Å². The maximum absolute atomic E-state index is 12.8. The van der Waals surface area contributed by atoms with Gasteiger partial charge in [0, 0.05) is 5.39 Å². The second kappa shape index (κ2) is 6.80. The van der Waals surface area contributed by atoms with E-state index in [0.29, 0.717) is 11.1 Å². The summed E-state index contributed by atoms with van der Waals surface area (Å²) in [5, 5.41) is 15.7. The number of hydrogen-bond acceptors (Lipinski definition) is 4. The number of hydrogen-bond donors (Lipinski definition) is 1. The second-order valence-corrected chi connectivity index (χ2v) is 5.54. The summed E-state index contributed by atoms with van der Waals surface area (Å²) in [7, 11) is 0. The summed E-state index contributed by atoms with van der Waals surface area (Å²) in [5.74, 6) is 0.0933. The Balaban J connectivity index is 1.73. The first-order chi connectivity index (χ1) is 11.5. The molecule has 1 unspecified atom stereocenters. The maximum Gasteiger partial charge on any atom is 0.274 e. The van der Waals surface area contributed by atoms with Crippen LogP contribution < -0.4 is 10.3 Å². The minimum atomic E-state index is -0.916. The lowest BCUT2D eigenvalue weighted by Gasteiger charge is -2.14. The van der Waals surface area contributed by atoms with E-state index in [2.05, 4.69) is 5.10 Å². The fourth-order valence-electron chi connectivity index (χ4n) is 2.50. The minimum absolute atomic E-state index is 0.0195. The summed E-state index contributed by atoms with van der Waals surface area (Å²) in [5.41, 5.74) is 0.467. The highest BCUT2D eigenvalue weighted by Crippen LogP contribution is 2.13.